The Bertz CT molecular complexity index is 470. The Kier molecular flexibility index (Phi) is 6.99. The van der Waals surface area contributed by atoms with Gasteiger partial charge < -0.3 is 10.2 Å². The van der Waals surface area contributed by atoms with Crippen molar-refractivity contribution in [1.82, 2.24) is 10.2 Å². The van der Waals surface area contributed by atoms with E-state index >= 15 is 0 Å². The molecule has 3 rings (SSSR count). The molecule has 1 aromatic carbocycles. The fourth-order valence-electron chi connectivity index (χ4n) is 3.28. The molecule has 122 valence electrons. The number of halogens is 1. The second-order valence-electron chi connectivity index (χ2n) is 6.40. The van der Waals surface area contributed by atoms with Crippen LogP contribution in [0.25, 0.3) is 0 Å². The van der Waals surface area contributed by atoms with E-state index in [1.807, 2.05) is 7.05 Å². The molecule has 1 aromatic rings. The summed E-state index contributed by atoms with van der Waals surface area (Å²) in [5.41, 5.74) is 1.46. The summed E-state index contributed by atoms with van der Waals surface area (Å²) in [7, 11) is 1.90. The van der Waals surface area contributed by atoms with E-state index < -0.39 is 0 Å². The molecule has 1 saturated carbocycles. The highest BCUT2D eigenvalue weighted by molar-refractivity contribution is 14.0. The molecular weight excluding hydrogens is 385 g/mol. The molecule has 1 atom stereocenters. The van der Waals surface area contributed by atoms with Crippen LogP contribution in [0.5, 0.6) is 0 Å². The Hall–Kier alpha value is -0.780. The summed E-state index contributed by atoms with van der Waals surface area (Å²) in [6, 6.07) is 10.9. The van der Waals surface area contributed by atoms with Gasteiger partial charge in [0.25, 0.3) is 0 Å². The highest BCUT2D eigenvalue weighted by atomic mass is 127. The Morgan fingerprint density at radius 1 is 1.23 bits per heavy atom. The monoisotopic (exact) mass is 413 g/mol. The molecule has 0 amide bonds. The number of rotatable bonds is 5. The Morgan fingerprint density at radius 3 is 2.68 bits per heavy atom. The standard InChI is InChI=1S/C18H27N3.HI/c1-19-18(20-12-5-6-15-9-10-15)21-13-11-17(14-21)16-7-3-2-4-8-16;/h2-4,7-8,15,17H,5-6,9-14H2,1H3,(H,19,20);1H. The third kappa shape index (κ3) is 4.86. The van der Waals surface area contributed by atoms with E-state index in [4.69, 9.17) is 0 Å². The fraction of sp³-hybridized carbons (Fsp3) is 0.611. The van der Waals surface area contributed by atoms with E-state index in [1.54, 1.807) is 0 Å². The maximum Gasteiger partial charge on any atom is 0.193 e. The number of hydrogen-bond donors (Lipinski definition) is 1. The van der Waals surface area contributed by atoms with Crippen LogP contribution in [-0.4, -0.2) is 37.5 Å². The van der Waals surface area contributed by atoms with Gasteiger partial charge >= 0.3 is 0 Å². The summed E-state index contributed by atoms with van der Waals surface area (Å²) in [5.74, 6) is 2.77. The number of aliphatic imine (C=N–C) groups is 1. The number of guanidine groups is 1. The molecule has 1 aliphatic heterocycles. The first-order valence-corrected chi connectivity index (χ1v) is 8.37. The average molecular weight is 413 g/mol. The summed E-state index contributed by atoms with van der Waals surface area (Å²) in [6.45, 7) is 3.27. The lowest BCUT2D eigenvalue weighted by molar-refractivity contribution is 0.482. The van der Waals surface area contributed by atoms with Crippen molar-refractivity contribution in [1.29, 1.82) is 0 Å². The van der Waals surface area contributed by atoms with Crippen LogP contribution >= 0.6 is 24.0 Å². The maximum atomic E-state index is 4.46. The van der Waals surface area contributed by atoms with Gasteiger partial charge in [-0.25, -0.2) is 0 Å². The zero-order valence-electron chi connectivity index (χ0n) is 13.5. The molecule has 3 nitrogen and oxygen atoms in total. The van der Waals surface area contributed by atoms with Gasteiger partial charge in [0.1, 0.15) is 0 Å². The molecule has 1 heterocycles. The largest absolute Gasteiger partial charge is 0.356 e. The summed E-state index contributed by atoms with van der Waals surface area (Å²) in [6.07, 6.45) is 6.81. The Balaban J connectivity index is 0.00000176. The van der Waals surface area contributed by atoms with Crippen LogP contribution in [-0.2, 0) is 0 Å². The van der Waals surface area contributed by atoms with Gasteiger partial charge in [0.15, 0.2) is 5.96 Å². The molecule has 1 unspecified atom stereocenters. The van der Waals surface area contributed by atoms with Gasteiger partial charge in [-0.05, 0) is 30.7 Å². The van der Waals surface area contributed by atoms with Crippen LogP contribution in [0, 0.1) is 5.92 Å². The molecule has 0 radical (unpaired) electrons. The average Bonchev–Trinajstić information content (AvgIpc) is 3.23. The second-order valence-corrected chi connectivity index (χ2v) is 6.40. The third-order valence-electron chi connectivity index (χ3n) is 4.74. The summed E-state index contributed by atoms with van der Waals surface area (Å²) in [4.78, 5) is 6.87. The maximum absolute atomic E-state index is 4.46. The molecule has 0 bridgehead atoms. The third-order valence-corrected chi connectivity index (χ3v) is 4.74. The van der Waals surface area contributed by atoms with Crippen LogP contribution in [0.1, 0.15) is 43.6 Å². The van der Waals surface area contributed by atoms with Crippen molar-refractivity contribution < 1.29 is 0 Å². The SMILES string of the molecule is CN=C(NCCCC1CC1)N1CCC(c2ccccc2)C1.I. The molecule has 1 aliphatic carbocycles. The minimum Gasteiger partial charge on any atom is -0.356 e. The van der Waals surface area contributed by atoms with E-state index in [9.17, 15) is 0 Å². The minimum atomic E-state index is 0. The van der Waals surface area contributed by atoms with Gasteiger partial charge in [-0.2, -0.15) is 0 Å². The summed E-state index contributed by atoms with van der Waals surface area (Å²) < 4.78 is 0. The van der Waals surface area contributed by atoms with Crippen LogP contribution < -0.4 is 5.32 Å². The number of hydrogen-bond acceptors (Lipinski definition) is 1. The van der Waals surface area contributed by atoms with Gasteiger partial charge in [0.2, 0.25) is 0 Å². The number of benzene rings is 1. The molecule has 22 heavy (non-hydrogen) atoms. The fourth-order valence-corrected chi connectivity index (χ4v) is 3.28. The Labute approximate surface area is 151 Å². The zero-order chi connectivity index (χ0) is 14.5. The predicted octanol–water partition coefficient (Wildman–Crippen LogP) is 3.86. The van der Waals surface area contributed by atoms with Crippen molar-refractivity contribution in [2.45, 2.75) is 38.0 Å². The number of nitrogens with one attached hydrogen (secondary N) is 1. The Morgan fingerprint density at radius 2 is 2.00 bits per heavy atom. The van der Waals surface area contributed by atoms with Crippen molar-refractivity contribution in [2.24, 2.45) is 10.9 Å². The molecule has 2 aliphatic rings. The number of nitrogens with zero attached hydrogens (tertiary/aromatic N) is 2. The van der Waals surface area contributed by atoms with Crippen molar-refractivity contribution in [3.05, 3.63) is 35.9 Å². The molecule has 0 spiro atoms. The molecule has 4 heteroatoms. The highest BCUT2D eigenvalue weighted by Crippen LogP contribution is 2.33. The second kappa shape index (κ2) is 8.75. The predicted molar refractivity (Wildman–Crippen MR) is 104 cm³/mol. The summed E-state index contributed by atoms with van der Waals surface area (Å²) >= 11 is 0. The van der Waals surface area contributed by atoms with Crippen LogP contribution in [0.3, 0.4) is 0 Å². The molecule has 1 N–H and O–H groups in total. The first-order valence-electron chi connectivity index (χ1n) is 8.37. The minimum absolute atomic E-state index is 0. The van der Waals surface area contributed by atoms with Crippen LogP contribution in [0.4, 0.5) is 0 Å². The topological polar surface area (TPSA) is 27.6 Å². The van der Waals surface area contributed by atoms with Crippen LogP contribution in [0.15, 0.2) is 35.3 Å². The molecule has 2 fully saturated rings. The normalized spacial score (nSPS) is 21.6. The van der Waals surface area contributed by atoms with E-state index in [0.29, 0.717) is 5.92 Å². The number of likely N-dealkylation sites (tertiary alicyclic amines) is 1. The molecule has 0 aromatic heterocycles. The van der Waals surface area contributed by atoms with Gasteiger partial charge in [0, 0.05) is 32.6 Å². The van der Waals surface area contributed by atoms with E-state index in [1.165, 1.54) is 37.7 Å². The summed E-state index contributed by atoms with van der Waals surface area (Å²) in [5, 5.41) is 3.54. The van der Waals surface area contributed by atoms with E-state index in [0.717, 1.165) is 31.5 Å². The highest BCUT2D eigenvalue weighted by Gasteiger charge is 2.26. The molecule has 1 saturated heterocycles. The van der Waals surface area contributed by atoms with Crippen molar-refractivity contribution in [3.63, 3.8) is 0 Å². The van der Waals surface area contributed by atoms with Crippen molar-refractivity contribution >= 4 is 29.9 Å². The van der Waals surface area contributed by atoms with Crippen molar-refractivity contribution in [3.8, 4) is 0 Å². The lowest BCUT2D eigenvalue weighted by Gasteiger charge is -2.21. The lowest BCUT2D eigenvalue weighted by atomic mass is 9.99. The van der Waals surface area contributed by atoms with E-state index in [2.05, 4.69) is 45.5 Å². The van der Waals surface area contributed by atoms with Gasteiger partial charge in [0.05, 0.1) is 0 Å². The smallest absolute Gasteiger partial charge is 0.193 e. The quantitative estimate of drug-likeness (QED) is 0.344. The molecular formula is C18H28IN3. The van der Waals surface area contributed by atoms with Gasteiger partial charge in [-0.1, -0.05) is 43.2 Å². The van der Waals surface area contributed by atoms with Gasteiger partial charge in [-0.15, -0.1) is 24.0 Å². The van der Waals surface area contributed by atoms with Gasteiger partial charge in [-0.3, -0.25) is 4.99 Å². The lowest BCUT2D eigenvalue weighted by Crippen LogP contribution is -2.40. The first-order chi connectivity index (χ1) is 10.4. The van der Waals surface area contributed by atoms with E-state index in [-0.39, 0.29) is 24.0 Å². The van der Waals surface area contributed by atoms with Crippen molar-refractivity contribution in [2.75, 3.05) is 26.7 Å². The van der Waals surface area contributed by atoms with Crippen LogP contribution in [0.2, 0.25) is 0 Å². The first kappa shape index (κ1) is 17.6. The zero-order valence-corrected chi connectivity index (χ0v) is 15.8.